The number of nitro groups is 1. The summed E-state index contributed by atoms with van der Waals surface area (Å²) in [6.07, 6.45) is 1.70. The lowest BCUT2D eigenvalue weighted by Gasteiger charge is -2.18. The number of nitrogens with two attached hydrogens (primary N) is 1. The van der Waals surface area contributed by atoms with Gasteiger partial charge in [-0.25, -0.2) is 0 Å². The van der Waals surface area contributed by atoms with Crippen LogP contribution in [-0.2, 0) is 0 Å². The van der Waals surface area contributed by atoms with Crippen molar-refractivity contribution in [2.45, 2.75) is 38.3 Å². The highest BCUT2D eigenvalue weighted by Gasteiger charge is 2.20. The summed E-state index contributed by atoms with van der Waals surface area (Å²) >= 11 is 5.71. The van der Waals surface area contributed by atoms with Crippen LogP contribution in [0.25, 0.3) is 0 Å². The smallest absolute Gasteiger partial charge is 0.288 e. The predicted octanol–water partition coefficient (Wildman–Crippen LogP) is 2.80. The van der Waals surface area contributed by atoms with Gasteiger partial charge in [-0.3, -0.25) is 10.1 Å². The van der Waals surface area contributed by atoms with E-state index in [1.807, 2.05) is 6.92 Å². The number of benzene rings is 1. The maximum absolute atomic E-state index is 10.8. The first kappa shape index (κ1) is 14.9. The number of halogens is 1. The molecule has 6 heteroatoms. The molecule has 5 nitrogen and oxygen atoms in total. The molecule has 0 aliphatic carbocycles. The highest BCUT2D eigenvalue weighted by molar-refractivity contribution is 6.32. The van der Waals surface area contributed by atoms with Crippen LogP contribution in [-0.4, -0.2) is 16.1 Å². The van der Waals surface area contributed by atoms with Gasteiger partial charge in [0.15, 0.2) is 0 Å². The second-order valence-electron chi connectivity index (χ2n) is 4.20. The third kappa shape index (κ3) is 3.66. The summed E-state index contributed by atoms with van der Waals surface area (Å²) in [5.41, 5.74) is 6.22. The van der Waals surface area contributed by atoms with Gasteiger partial charge in [-0.1, -0.05) is 37.4 Å². The van der Waals surface area contributed by atoms with Gasteiger partial charge in [0, 0.05) is 6.07 Å². The van der Waals surface area contributed by atoms with Gasteiger partial charge in [0.2, 0.25) is 0 Å². The molecule has 0 saturated carbocycles. The summed E-state index contributed by atoms with van der Waals surface area (Å²) in [7, 11) is 0. The Balaban J connectivity index is 2.89. The van der Waals surface area contributed by atoms with Crippen LogP contribution >= 0.6 is 11.6 Å². The van der Waals surface area contributed by atoms with Crippen molar-refractivity contribution in [3.63, 3.8) is 0 Å². The Hall–Kier alpha value is -1.17. The van der Waals surface area contributed by atoms with Crippen LogP contribution in [0.3, 0.4) is 0 Å². The zero-order valence-corrected chi connectivity index (χ0v) is 10.9. The van der Waals surface area contributed by atoms with Crippen LogP contribution in [0.4, 0.5) is 5.69 Å². The zero-order chi connectivity index (χ0) is 13.7. The molecule has 0 saturated heterocycles. The topological polar surface area (TPSA) is 89.4 Å². The van der Waals surface area contributed by atoms with Crippen molar-refractivity contribution in [3.05, 3.63) is 38.9 Å². The molecule has 1 aromatic rings. The first-order chi connectivity index (χ1) is 8.47. The molecule has 0 heterocycles. The van der Waals surface area contributed by atoms with Crippen molar-refractivity contribution in [3.8, 4) is 0 Å². The summed E-state index contributed by atoms with van der Waals surface area (Å²) in [4.78, 5) is 10.2. The van der Waals surface area contributed by atoms with E-state index < -0.39 is 17.1 Å². The third-order valence-corrected chi connectivity index (χ3v) is 3.14. The van der Waals surface area contributed by atoms with Gasteiger partial charge >= 0.3 is 0 Å². The largest absolute Gasteiger partial charge is 0.391 e. The van der Waals surface area contributed by atoms with Gasteiger partial charge < -0.3 is 10.8 Å². The van der Waals surface area contributed by atoms with E-state index in [0.717, 1.165) is 12.8 Å². The summed E-state index contributed by atoms with van der Waals surface area (Å²) < 4.78 is 0. The van der Waals surface area contributed by atoms with Gasteiger partial charge in [0.1, 0.15) is 5.02 Å². The molecule has 0 fully saturated rings. The molecular weight excluding hydrogens is 256 g/mol. The molecule has 0 aliphatic rings. The van der Waals surface area contributed by atoms with Crippen LogP contribution in [0.5, 0.6) is 0 Å². The normalized spacial score (nSPS) is 14.2. The molecule has 0 amide bonds. The zero-order valence-electron chi connectivity index (χ0n) is 10.2. The molecule has 2 atom stereocenters. The quantitative estimate of drug-likeness (QED) is 0.615. The maximum atomic E-state index is 10.8. The molecule has 1 aromatic carbocycles. The predicted molar refractivity (Wildman–Crippen MR) is 70.6 cm³/mol. The number of rotatable bonds is 6. The Labute approximate surface area is 111 Å². The molecule has 0 aromatic heterocycles. The van der Waals surface area contributed by atoms with Crippen LogP contribution in [0.15, 0.2) is 18.2 Å². The average Bonchev–Trinajstić information content (AvgIpc) is 2.35. The molecule has 0 bridgehead atoms. The Kier molecular flexibility index (Phi) is 5.53. The monoisotopic (exact) mass is 272 g/mol. The Bertz CT molecular complexity index is 426. The standard InChI is InChI=1S/C12H17ClN2O3/c1-2-3-4-11(16)12(14)8-5-6-9(13)10(7-8)15(17)18/h5-7,11-12,16H,2-4,14H2,1H3/t11-,12+/m0/s1. The second kappa shape index (κ2) is 6.68. The average molecular weight is 273 g/mol. The van der Waals surface area contributed by atoms with E-state index >= 15 is 0 Å². The number of aliphatic hydroxyl groups excluding tert-OH is 1. The van der Waals surface area contributed by atoms with Gasteiger partial charge in [-0.05, 0) is 18.1 Å². The van der Waals surface area contributed by atoms with Crippen LogP contribution in [0.2, 0.25) is 5.02 Å². The van der Waals surface area contributed by atoms with Gasteiger partial charge in [-0.15, -0.1) is 0 Å². The molecule has 0 unspecified atom stereocenters. The lowest BCUT2D eigenvalue weighted by molar-refractivity contribution is -0.384. The molecule has 0 spiro atoms. The molecule has 3 N–H and O–H groups in total. The third-order valence-electron chi connectivity index (χ3n) is 2.82. The van der Waals surface area contributed by atoms with Crippen LogP contribution in [0, 0.1) is 10.1 Å². The van der Waals surface area contributed by atoms with E-state index in [1.54, 1.807) is 6.07 Å². The van der Waals surface area contributed by atoms with E-state index in [1.165, 1.54) is 12.1 Å². The molecule has 0 aliphatic heterocycles. The van der Waals surface area contributed by atoms with Gasteiger partial charge in [0.05, 0.1) is 17.1 Å². The van der Waals surface area contributed by atoms with Gasteiger partial charge in [-0.2, -0.15) is 0 Å². The molecule has 0 radical (unpaired) electrons. The fraction of sp³-hybridized carbons (Fsp3) is 0.500. The van der Waals surface area contributed by atoms with E-state index in [0.29, 0.717) is 12.0 Å². The minimum Gasteiger partial charge on any atom is -0.391 e. The molecule has 18 heavy (non-hydrogen) atoms. The summed E-state index contributed by atoms with van der Waals surface area (Å²) in [6, 6.07) is 3.73. The van der Waals surface area contributed by atoms with Crippen molar-refractivity contribution in [2.75, 3.05) is 0 Å². The number of nitrogens with zero attached hydrogens (tertiary/aromatic N) is 1. The number of nitro benzene ring substituents is 1. The fourth-order valence-corrected chi connectivity index (χ4v) is 1.88. The van der Waals surface area contributed by atoms with Crippen molar-refractivity contribution < 1.29 is 10.0 Å². The van der Waals surface area contributed by atoms with Crippen molar-refractivity contribution in [1.29, 1.82) is 0 Å². The Morgan fingerprint density at radius 3 is 2.78 bits per heavy atom. The number of aliphatic hydroxyl groups is 1. The maximum Gasteiger partial charge on any atom is 0.288 e. The lowest BCUT2D eigenvalue weighted by atomic mass is 9.98. The summed E-state index contributed by atoms with van der Waals surface area (Å²) in [5.74, 6) is 0. The van der Waals surface area contributed by atoms with E-state index in [9.17, 15) is 15.2 Å². The van der Waals surface area contributed by atoms with Crippen molar-refractivity contribution in [1.82, 2.24) is 0 Å². The highest BCUT2D eigenvalue weighted by atomic mass is 35.5. The fourth-order valence-electron chi connectivity index (χ4n) is 1.69. The van der Waals surface area contributed by atoms with Gasteiger partial charge in [0.25, 0.3) is 5.69 Å². The number of hydrogen-bond acceptors (Lipinski definition) is 4. The first-order valence-corrected chi connectivity index (χ1v) is 6.22. The Morgan fingerprint density at radius 1 is 1.56 bits per heavy atom. The Morgan fingerprint density at radius 2 is 2.22 bits per heavy atom. The summed E-state index contributed by atoms with van der Waals surface area (Å²) in [5, 5.41) is 20.7. The number of unbranched alkanes of at least 4 members (excludes halogenated alkanes) is 1. The van der Waals surface area contributed by atoms with E-state index in [2.05, 4.69) is 0 Å². The van der Waals surface area contributed by atoms with E-state index in [4.69, 9.17) is 17.3 Å². The lowest BCUT2D eigenvalue weighted by Crippen LogP contribution is -2.26. The van der Waals surface area contributed by atoms with Crippen molar-refractivity contribution >= 4 is 17.3 Å². The highest BCUT2D eigenvalue weighted by Crippen LogP contribution is 2.28. The van der Waals surface area contributed by atoms with Crippen LogP contribution < -0.4 is 5.73 Å². The van der Waals surface area contributed by atoms with Crippen LogP contribution in [0.1, 0.15) is 37.8 Å². The molecular formula is C12H17ClN2O3. The SMILES string of the molecule is CCCC[C@H](O)[C@H](N)c1ccc(Cl)c([N+](=O)[O-])c1. The number of hydrogen-bond donors (Lipinski definition) is 2. The second-order valence-corrected chi connectivity index (χ2v) is 4.61. The summed E-state index contributed by atoms with van der Waals surface area (Å²) in [6.45, 7) is 2.02. The van der Waals surface area contributed by atoms with Crippen molar-refractivity contribution in [2.24, 2.45) is 5.73 Å². The molecule has 100 valence electrons. The minimum atomic E-state index is -0.703. The molecule has 1 rings (SSSR count). The minimum absolute atomic E-state index is 0.0685. The van der Waals surface area contributed by atoms with E-state index in [-0.39, 0.29) is 10.7 Å². The first-order valence-electron chi connectivity index (χ1n) is 5.84.